The summed E-state index contributed by atoms with van der Waals surface area (Å²) < 4.78 is 15.8. The third-order valence-corrected chi connectivity index (χ3v) is 8.80. The lowest BCUT2D eigenvalue weighted by atomic mass is 9.77. The van der Waals surface area contributed by atoms with Crippen LogP contribution in [0.15, 0.2) is 47.3 Å². The molecule has 6 rings (SSSR count). The van der Waals surface area contributed by atoms with Gasteiger partial charge in [-0.2, -0.15) is 0 Å². The van der Waals surface area contributed by atoms with Crippen molar-refractivity contribution < 1.29 is 9.18 Å². The van der Waals surface area contributed by atoms with Gasteiger partial charge in [0.1, 0.15) is 11.6 Å². The van der Waals surface area contributed by atoms with Crippen molar-refractivity contribution in [1.82, 2.24) is 29.9 Å². The average molecular weight is 569 g/mol. The van der Waals surface area contributed by atoms with Crippen LogP contribution < -0.4 is 5.56 Å². The molecule has 1 amide bonds. The van der Waals surface area contributed by atoms with Crippen LogP contribution in [0.3, 0.4) is 0 Å². The number of nitrogens with zero attached hydrogens (tertiary/aromatic N) is 5. The molecule has 2 aromatic heterocycles. The predicted octanol–water partition coefficient (Wildman–Crippen LogP) is 5.23. The van der Waals surface area contributed by atoms with Crippen molar-refractivity contribution in [2.45, 2.75) is 56.4 Å². The van der Waals surface area contributed by atoms with E-state index < -0.39 is 16.8 Å². The van der Waals surface area contributed by atoms with E-state index in [4.69, 9.17) is 28.2 Å². The Morgan fingerprint density at radius 3 is 2.49 bits per heavy atom. The van der Waals surface area contributed by atoms with Gasteiger partial charge in [-0.05, 0) is 55.5 Å². The minimum atomic E-state index is -0.505. The maximum absolute atomic E-state index is 14.4. The number of H-pyrrole nitrogens is 1. The molecule has 11 heteroatoms. The van der Waals surface area contributed by atoms with Gasteiger partial charge in [0.2, 0.25) is 5.91 Å². The van der Waals surface area contributed by atoms with Crippen molar-refractivity contribution in [3.8, 4) is 0 Å². The van der Waals surface area contributed by atoms with E-state index in [-0.39, 0.29) is 40.1 Å². The molecule has 0 radical (unpaired) electrons. The van der Waals surface area contributed by atoms with Crippen LogP contribution in [0.2, 0.25) is 10.0 Å². The summed E-state index contributed by atoms with van der Waals surface area (Å²) in [6, 6.07) is 12.1. The zero-order valence-corrected chi connectivity index (χ0v) is 22.7. The number of benzene rings is 2. The summed E-state index contributed by atoms with van der Waals surface area (Å²) in [4.78, 5) is 36.2. The molecular formula is C28H27Cl2FN6O2. The van der Waals surface area contributed by atoms with E-state index in [0.717, 1.165) is 31.2 Å². The maximum atomic E-state index is 14.4. The van der Waals surface area contributed by atoms with Gasteiger partial charge in [-0.25, -0.2) is 14.1 Å². The van der Waals surface area contributed by atoms with E-state index in [2.05, 4.69) is 15.3 Å². The van der Waals surface area contributed by atoms with Crippen LogP contribution in [0.4, 0.5) is 4.39 Å². The molecule has 202 valence electrons. The topological polar surface area (TPSA) is 96.8 Å². The van der Waals surface area contributed by atoms with Gasteiger partial charge in [0.25, 0.3) is 5.56 Å². The molecule has 1 saturated carbocycles. The van der Waals surface area contributed by atoms with Gasteiger partial charge in [0.15, 0.2) is 11.2 Å². The number of nitrogens with one attached hydrogen (secondary N) is 1. The fraction of sp³-hybridized carbons (Fsp3) is 0.393. The molecule has 1 aliphatic heterocycles. The minimum absolute atomic E-state index is 0.00235. The summed E-state index contributed by atoms with van der Waals surface area (Å²) in [7, 11) is 0. The lowest BCUT2D eigenvalue weighted by Gasteiger charge is -2.38. The number of aromatic amines is 1. The van der Waals surface area contributed by atoms with Gasteiger partial charge in [0.05, 0.1) is 12.0 Å². The number of rotatable bonds is 5. The number of aromatic nitrogens is 5. The van der Waals surface area contributed by atoms with Gasteiger partial charge in [-0.15, -0.1) is 5.10 Å². The SMILES string of the molecule is O=C(N1CCC(c2nc3c(nnn3Cc3c(F)cccc3Cl)c(=O)[nH]2)CC1)C1(c2ccc(Cl)cc2)CCCC1. The molecule has 0 atom stereocenters. The third kappa shape index (κ3) is 4.72. The number of carbonyl (C=O) groups is 1. The molecule has 0 unspecified atom stereocenters. The van der Waals surface area contributed by atoms with Gasteiger partial charge in [-0.1, -0.05) is 59.5 Å². The molecular weight excluding hydrogens is 542 g/mol. The highest BCUT2D eigenvalue weighted by molar-refractivity contribution is 6.31. The Morgan fingerprint density at radius 1 is 1.08 bits per heavy atom. The fourth-order valence-corrected chi connectivity index (χ4v) is 6.40. The second kappa shape index (κ2) is 10.4. The van der Waals surface area contributed by atoms with Gasteiger partial charge in [0, 0.05) is 34.6 Å². The lowest BCUT2D eigenvalue weighted by molar-refractivity contribution is -0.138. The van der Waals surface area contributed by atoms with E-state index in [0.29, 0.717) is 36.8 Å². The Kier molecular flexibility index (Phi) is 6.89. The molecule has 2 aliphatic rings. The molecule has 0 spiro atoms. The third-order valence-electron chi connectivity index (χ3n) is 8.19. The highest BCUT2D eigenvalue weighted by Gasteiger charge is 2.45. The molecule has 3 heterocycles. The van der Waals surface area contributed by atoms with Crippen molar-refractivity contribution >= 4 is 40.3 Å². The highest BCUT2D eigenvalue weighted by atomic mass is 35.5. The number of piperidine rings is 1. The van der Waals surface area contributed by atoms with E-state index in [1.807, 2.05) is 29.2 Å². The average Bonchev–Trinajstić information content (AvgIpc) is 3.60. The Bertz CT molecular complexity index is 1570. The Balaban J connectivity index is 1.22. The van der Waals surface area contributed by atoms with Crippen LogP contribution in [0.5, 0.6) is 0 Å². The normalized spacial score (nSPS) is 17.7. The first-order valence-electron chi connectivity index (χ1n) is 13.2. The van der Waals surface area contributed by atoms with Gasteiger partial charge >= 0.3 is 0 Å². The molecule has 1 aliphatic carbocycles. The molecule has 8 nitrogen and oxygen atoms in total. The first-order valence-corrected chi connectivity index (χ1v) is 13.9. The zero-order chi connectivity index (χ0) is 27.1. The first kappa shape index (κ1) is 26.0. The Labute approximate surface area is 234 Å². The van der Waals surface area contributed by atoms with E-state index in [9.17, 15) is 14.0 Å². The van der Waals surface area contributed by atoms with Crippen LogP contribution in [0.25, 0.3) is 11.2 Å². The van der Waals surface area contributed by atoms with Gasteiger partial charge in [-0.3, -0.25) is 9.59 Å². The molecule has 0 bridgehead atoms. The molecule has 1 saturated heterocycles. The van der Waals surface area contributed by atoms with Crippen LogP contribution in [0, 0.1) is 5.82 Å². The largest absolute Gasteiger partial charge is 0.342 e. The van der Waals surface area contributed by atoms with E-state index in [1.54, 1.807) is 6.07 Å². The number of carbonyl (C=O) groups excluding carboxylic acids is 1. The quantitative estimate of drug-likeness (QED) is 0.355. The summed E-state index contributed by atoms with van der Waals surface area (Å²) >= 11 is 12.3. The van der Waals surface area contributed by atoms with Crippen molar-refractivity contribution in [2.75, 3.05) is 13.1 Å². The van der Waals surface area contributed by atoms with E-state index >= 15 is 0 Å². The van der Waals surface area contributed by atoms with Crippen molar-refractivity contribution in [3.05, 3.63) is 85.6 Å². The van der Waals surface area contributed by atoms with Crippen molar-refractivity contribution in [2.24, 2.45) is 0 Å². The summed E-state index contributed by atoms with van der Waals surface area (Å²) in [6.45, 7) is 1.14. The van der Waals surface area contributed by atoms with Crippen LogP contribution >= 0.6 is 23.2 Å². The Morgan fingerprint density at radius 2 is 1.79 bits per heavy atom. The minimum Gasteiger partial charge on any atom is -0.342 e. The summed E-state index contributed by atoms with van der Waals surface area (Å²) in [5, 5.41) is 8.92. The molecule has 39 heavy (non-hydrogen) atoms. The monoisotopic (exact) mass is 568 g/mol. The highest BCUT2D eigenvalue weighted by Crippen LogP contribution is 2.43. The smallest absolute Gasteiger partial charge is 0.281 e. The predicted molar refractivity (Wildman–Crippen MR) is 147 cm³/mol. The standard InChI is InChI=1S/C28H27Cl2FN6O2/c29-19-8-6-18(7-9-19)28(12-1-2-13-28)27(39)36-14-10-17(11-15-36)24-32-25-23(26(38)33-24)34-35-37(25)16-20-21(30)4-3-5-22(20)31/h3-9,17H,1-2,10-16H2,(H,32,33,38). The van der Waals surface area contributed by atoms with Crippen molar-refractivity contribution in [3.63, 3.8) is 0 Å². The Hall–Kier alpha value is -3.30. The van der Waals surface area contributed by atoms with Crippen LogP contribution in [-0.2, 0) is 16.8 Å². The summed E-state index contributed by atoms with van der Waals surface area (Å²) in [5.74, 6) is 0.186. The number of fused-ring (bicyclic) bond motifs is 1. The fourth-order valence-electron chi connectivity index (χ4n) is 6.05. The zero-order valence-electron chi connectivity index (χ0n) is 21.2. The second-order valence-corrected chi connectivity index (χ2v) is 11.3. The second-order valence-electron chi connectivity index (χ2n) is 10.4. The number of hydrogen-bond donors (Lipinski definition) is 1. The number of amides is 1. The lowest BCUT2D eigenvalue weighted by Crippen LogP contribution is -2.48. The van der Waals surface area contributed by atoms with Crippen LogP contribution in [0.1, 0.15) is 61.4 Å². The number of halogens is 3. The molecule has 4 aromatic rings. The van der Waals surface area contributed by atoms with Crippen molar-refractivity contribution in [1.29, 1.82) is 0 Å². The molecule has 1 N–H and O–H groups in total. The molecule has 2 aromatic carbocycles. The van der Waals surface area contributed by atoms with Gasteiger partial charge < -0.3 is 9.88 Å². The number of hydrogen-bond acceptors (Lipinski definition) is 5. The van der Waals surface area contributed by atoms with Crippen LogP contribution in [-0.4, -0.2) is 48.9 Å². The van der Waals surface area contributed by atoms with E-state index in [1.165, 1.54) is 16.8 Å². The molecule has 2 fully saturated rings. The number of likely N-dealkylation sites (tertiary alicyclic amines) is 1. The maximum Gasteiger partial charge on any atom is 0.281 e. The summed E-state index contributed by atoms with van der Waals surface area (Å²) in [5.41, 5.74) is 0.748. The first-order chi connectivity index (χ1) is 18.9. The summed E-state index contributed by atoms with van der Waals surface area (Å²) in [6.07, 6.45) is 5.05.